The van der Waals surface area contributed by atoms with Crippen LogP contribution in [0.15, 0.2) is 18.2 Å². The number of hydrogen-bond acceptors (Lipinski definition) is 2. The van der Waals surface area contributed by atoms with Gasteiger partial charge in [-0.05, 0) is 59.3 Å². The van der Waals surface area contributed by atoms with E-state index in [-0.39, 0.29) is 5.92 Å². The number of halogens is 2. The fourth-order valence-corrected chi connectivity index (χ4v) is 1.78. The molecule has 1 rings (SSSR count). The fourth-order valence-electron chi connectivity index (χ4n) is 1.49. The summed E-state index contributed by atoms with van der Waals surface area (Å²) in [6.07, 6.45) is 0.858. The minimum atomic E-state index is -0.530. The molecule has 86 valence electrons. The standard InChI is InChI=1S/C12H12Cl2O2/c1-3-7(2)10-6-8(11(13)15)4-5-9(10)12(14)16/h4-7H,3H2,1-2H3. The Morgan fingerprint density at radius 2 is 1.88 bits per heavy atom. The molecule has 0 fully saturated rings. The summed E-state index contributed by atoms with van der Waals surface area (Å²) in [7, 11) is 0. The second-order valence-corrected chi connectivity index (χ2v) is 4.35. The lowest BCUT2D eigenvalue weighted by atomic mass is 9.92. The van der Waals surface area contributed by atoms with Gasteiger partial charge in [-0.15, -0.1) is 0 Å². The highest BCUT2D eigenvalue weighted by molar-refractivity contribution is 6.68. The first-order chi connectivity index (χ1) is 7.47. The highest BCUT2D eigenvalue weighted by atomic mass is 35.5. The minimum absolute atomic E-state index is 0.161. The maximum absolute atomic E-state index is 11.2. The smallest absolute Gasteiger partial charge is 0.252 e. The van der Waals surface area contributed by atoms with Gasteiger partial charge >= 0.3 is 0 Å². The van der Waals surface area contributed by atoms with E-state index in [4.69, 9.17) is 23.2 Å². The minimum Gasteiger partial charge on any atom is -0.276 e. The molecule has 0 aromatic heterocycles. The van der Waals surface area contributed by atoms with Crippen LogP contribution in [0.4, 0.5) is 0 Å². The summed E-state index contributed by atoms with van der Waals surface area (Å²) in [5.41, 5.74) is 1.60. The van der Waals surface area contributed by atoms with Crippen LogP contribution in [-0.2, 0) is 0 Å². The summed E-state index contributed by atoms with van der Waals surface area (Å²) in [5, 5.41) is -1.04. The summed E-state index contributed by atoms with van der Waals surface area (Å²) >= 11 is 10.9. The Labute approximate surface area is 105 Å². The van der Waals surface area contributed by atoms with Gasteiger partial charge in [0.1, 0.15) is 0 Å². The van der Waals surface area contributed by atoms with Crippen molar-refractivity contribution in [2.24, 2.45) is 0 Å². The molecule has 0 aliphatic rings. The molecule has 1 aromatic carbocycles. The van der Waals surface area contributed by atoms with Gasteiger partial charge in [-0.25, -0.2) is 0 Å². The Morgan fingerprint density at radius 1 is 1.25 bits per heavy atom. The van der Waals surface area contributed by atoms with E-state index in [1.54, 1.807) is 12.1 Å². The molecule has 1 atom stereocenters. The summed E-state index contributed by atoms with van der Waals surface area (Å²) < 4.78 is 0. The van der Waals surface area contributed by atoms with Gasteiger partial charge in [-0.3, -0.25) is 9.59 Å². The van der Waals surface area contributed by atoms with E-state index in [1.165, 1.54) is 6.07 Å². The van der Waals surface area contributed by atoms with Gasteiger partial charge in [0.15, 0.2) is 0 Å². The first-order valence-corrected chi connectivity index (χ1v) is 5.76. The zero-order valence-electron chi connectivity index (χ0n) is 9.09. The molecule has 0 spiro atoms. The lowest BCUT2D eigenvalue weighted by molar-refractivity contribution is 0.106. The molecule has 0 saturated carbocycles. The van der Waals surface area contributed by atoms with E-state index >= 15 is 0 Å². The second kappa shape index (κ2) is 5.46. The first-order valence-electron chi connectivity index (χ1n) is 5.01. The van der Waals surface area contributed by atoms with Crippen molar-refractivity contribution < 1.29 is 9.59 Å². The summed E-state index contributed by atoms with van der Waals surface area (Å²) in [6, 6.07) is 4.70. The maximum atomic E-state index is 11.2. The Kier molecular flexibility index (Phi) is 4.51. The number of carbonyl (C=O) groups excluding carboxylic acids is 2. The number of carbonyl (C=O) groups is 2. The van der Waals surface area contributed by atoms with Crippen LogP contribution in [0, 0.1) is 0 Å². The number of hydrogen-bond donors (Lipinski definition) is 0. The lowest BCUT2D eigenvalue weighted by Crippen LogP contribution is -2.03. The Balaban J connectivity index is 3.32. The monoisotopic (exact) mass is 258 g/mol. The average Bonchev–Trinajstić information content (AvgIpc) is 2.26. The van der Waals surface area contributed by atoms with Crippen molar-refractivity contribution in [3.8, 4) is 0 Å². The van der Waals surface area contributed by atoms with E-state index in [9.17, 15) is 9.59 Å². The Hall–Kier alpha value is -0.860. The predicted molar refractivity (Wildman–Crippen MR) is 65.5 cm³/mol. The molecule has 1 unspecified atom stereocenters. The third-order valence-corrected chi connectivity index (χ3v) is 3.06. The Morgan fingerprint density at radius 3 is 2.31 bits per heavy atom. The summed E-state index contributed by atoms with van der Waals surface area (Å²) in [6.45, 7) is 3.98. The van der Waals surface area contributed by atoms with Crippen LogP contribution < -0.4 is 0 Å². The van der Waals surface area contributed by atoms with Crippen molar-refractivity contribution in [1.29, 1.82) is 0 Å². The van der Waals surface area contributed by atoms with Crippen LogP contribution in [0.2, 0.25) is 0 Å². The topological polar surface area (TPSA) is 34.1 Å². The molecule has 0 N–H and O–H groups in total. The summed E-state index contributed by atoms with van der Waals surface area (Å²) in [4.78, 5) is 22.3. The van der Waals surface area contributed by atoms with Crippen molar-refractivity contribution >= 4 is 33.7 Å². The molecule has 0 aliphatic heterocycles. The predicted octanol–water partition coefficient (Wildman–Crippen LogP) is 3.96. The van der Waals surface area contributed by atoms with E-state index in [0.29, 0.717) is 11.1 Å². The van der Waals surface area contributed by atoms with Gasteiger partial charge in [-0.1, -0.05) is 13.8 Å². The average molecular weight is 259 g/mol. The molecule has 0 amide bonds. The highest BCUT2D eigenvalue weighted by Gasteiger charge is 2.15. The molecule has 0 aliphatic carbocycles. The van der Waals surface area contributed by atoms with Crippen LogP contribution >= 0.6 is 23.2 Å². The van der Waals surface area contributed by atoms with Crippen LogP contribution in [0.3, 0.4) is 0 Å². The van der Waals surface area contributed by atoms with Crippen molar-refractivity contribution in [1.82, 2.24) is 0 Å². The second-order valence-electron chi connectivity index (χ2n) is 3.66. The van der Waals surface area contributed by atoms with Crippen LogP contribution in [-0.4, -0.2) is 10.5 Å². The maximum Gasteiger partial charge on any atom is 0.252 e. The summed E-state index contributed by atoms with van der Waals surface area (Å²) in [5.74, 6) is 0.161. The van der Waals surface area contributed by atoms with Gasteiger partial charge in [0.05, 0.1) is 0 Å². The van der Waals surface area contributed by atoms with Gasteiger partial charge in [0.2, 0.25) is 0 Å². The molecule has 16 heavy (non-hydrogen) atoms. The Bertz CT molecular complexity index is 427. The van der Waals surface area contributed by atoms with Crippen molar-refractivity contribution in [2.75, 3.05) is 0 Å². The van der Waals surface area contributed by atoms with Crippen molar-refractivity contribution in [2.45, 2.75) is 26.2 Å². The molecule has 0 saturated heterocycles. The van der Waals surface area contributed by atoms with E-state index in [2.05, 4.69) is 0 Å². The first kappa shape index (κ1) is 13.2. The van der Waals surface area contributed by atoms with E-state index < -0.39 is 10.5 Å². The van der Waals surface area contributed by atoms with Crippen molar-refractivity contribution in [3.63, 3.8) is 0 Å². The van der Waals surface area contributed by atoms with E-state index in [1.807, 2.05) is 13.8 Å². The van der Waals surface area contributed by atoms with Gasteiger partial charge in [0.25, 0.3) is 10.5 Å². The third kappa shape index (κ3) is 2.83. The molecule has 0 heterocycles. The molecular weight excluding hydrogens is 247 g/mol. The lowest BCUT2D eigenvalue weighted by Gasteiger charge is -2.13. The third-order valence-electron chi connectivity index (χ3n) is 2.63. The van der Waals surface area contributed by atoms with Crippen molar-refractivity contribution in [3.05, 3.63) is 34.9 Å². The zero-order chi connectivity index (χ0) is 12.3. The molecule has 0 radical (unpaired) electrons. The normalized spacial score (nSPS) is 12.2. The van der Waals surface area contributed by atoms with Gasteiger partial charge < -0.3 is 0 Å². The van der Waals surface area contributed by atoms with Crippen LogP contribution in [0.5, 0.6) is 0 Å². The quantitative estimate of drug-likeness (QED) is 0.767. The molecule has 2 nitrogen and oxygen atoms in total. The van der Waals surface area contributed by atoms with Crippen LogP contribution in [0.25, 0.3) is 0 Å². The van der Waals surface area contributed by atoms with Crippen LogP contribution in [0.1, 0.15) is 52.5 Å². The number of rotatable bonds is 4. The largest absolute Gasteiger partial charge is 0.276 e. The molecule has 0 bridgehead atoms. The molecule has 1 aromatic rings. The fraction of sp³-hybridized carbons (Fsp3) is 0.333. The van der Waals surface area contributed by atoms with Gasteiger partial charge in [-0.2, -0.15) is 0 Å². The van der Waals surface area contributed by atoms with E-state index in [0.717, 1.165) is 12.0 Å². The SMILES string of the molecule is CCC(C)c1cc(C(=O)Cl)ccc1C(=O)Cl. The molecular formula is C12H12Cl2O2. The molecule has 4 heteroatoms. The van der Waals surface area contributed by atoms with Gasteiger partial charge in [0, 0.05) is 11.1 Å². The zero-order valence-corrected chi connectivity index (χ0v) is 10.6. The highest BCUT2D eigenvalue weighted by Crippen LogP contribution is 2.25. The number of benzene rings is 1.